The Hall–Kier alpha value is -0.820. The van der Waals surface area contributed by atoms with Gasteiger partial charge in [0.25, 0.3) is 0 Å². The van der Waals surface area contributed by atoms with E-state index in [1.165, 1.54) is 6.26 Å². The topological polar surface area (TPSA) is 92.7 Å². The lowest BCUT2D eigenvalue weighted by Crippen LogP contribution is -2.48. The lowest BCUT2D eigenvalue weighted by atomic mass is 9.84. The number of carbonyl (C=O) groups excluding carboxylic acids is 1. The third kappa shape index (κ3) is 5.66. The Bertz CT molecular complexity index is 444. The first-order chi connectivity index (χ1) is 8.91. The molecule has 1 rings (SSSR count). The molecule has 0 bridgehead atoms. The summed E-state index contributed by atoms with van der Waals surface area (Å²) in [6.07, 6.45) is 2.22. The Labute approximate surface area is 120 Å². The number of carbonyl (C=O) groups is 1. The molecule has 0 atom stereocenters. The van der Waals surface area contributed by atoms with Crippen molar-refractivity contribution in [1.82, 2.24) is 5.32 Å². The predicted molar refractivity (Wildman–Crippen MR) is 76.3 cm³/mol. The van der Waals surface area contributed by atoms with Crippen molar-refractivity contribution in [3.05, 3.63) is 0 Å². The second kappa shape index (κ2) is 5.89. The highest BCUT2D eigenvalue weighted by molar-refractivity contribution is 7.91. The van der Waals surface area contributed by atoms with Gasteiger partial charge in [-0.05, 0) is 46.5 Å². The first kappa shape index (κ1) is 17.2. The molecule has 1 aliphatic rings. The standard InChI is InChI=1S/C13H25NO5S/c1-12(2,3)19-11(15)14-9-13(16)7-5-10(6-8-13)20(4,17)18/h10,16H,5-9H2,1-4H3,(H,14,15)/t10-,13-. The molecule has 0 aromatic carbocycles. The van der Waals surface area contributed by atoms with Gasteiger partial charge in [-0.3, -0.25) is 0 Å². The number of amides is 1. The number of rotatable bonds is 3. The highest BCUT2D eigenvalue weighted by Crippen LogP contribution is 2.31. The van der Waals surface area contributed by atoms with Gasteiger partial charge in [-0.15, -0.1) is 0 Å². The Morgan fingerprint density at radius 1 is 1.35 bits per heavy atom. The minimum Gasteiger partial charge on any atom is -0.444 e. The van der Waals surface area contributed by atoms with Gasteiger partial charge in [-0.1, -0.05) is 0 Å². The summed E-state index contributed by atoms with van der Waals surface area (Å²) in [4.78, 5) is 11.5. The summed E-state index contributed by atoms with van der Waals surface area (Å²) in [7, 11) is -3.05. The van der Waals surface area contributed by atoms with Crippen LogP contribution in [0.4, 0.5) is 4.79 Å². The van der Waals surface area contributed by atoms with Crippen molar-refractivity contribution in [3.63, 3.8) is 0 Å². The molecule has 0 aromatic rings. The molecule has 1 aliphatic carbocycles. The fraction of sp³-hybridized carbons (Fsp3) is 0.923. The molecule has 1 saturated carbocycles. The van der Waals surface area contributed by atoms with Crippen molar-refractivity contribution in [2.75, 3.05) is 12.8 Å². The zero-order chi connectivity index (χ0) is 15.6. The fourth-order valence-electron chi connectivity index (χ4n) is 2.28. The van der Waals surface area contributed by atoms with E-state index >= 15 is 0 Å². The van der Waals surface area contributed by atoms with E-state index in [1.807, 2.05) is 0 Å². The van der Waals surface area contributed by atoms with Gasteiger partial charge in [0.05, 0.1) is 10.9 Å². The minimum atomic E-state index is -3.05. The molecule has 20 heavy (non-hydrogen) atoms. The zero-order valence-electron chi connectivity index (χ0n) is 12.6. The smallest absolute Gasteiger partial charge is 0.407 e. The van der Waals surface area contributed by atoms with Gasteiger partial charge in [0, 0.05) is 12.8 Å². The lowest BCUT2D eigenvalue weighted by molar-refractivity contribution is -0.000693. The van der Waals surface area contributed by atoms with Crippen LogP contribution in [-0.4, -0.2) is 48.9 Å². The molecule has 7 heteroatoms. The molecular formula is C13H25NO5S. The third-order valence-electron chi connectivity index (χ3n) is 3.43. The average Bonchev–Trinajstić information content (AvgIpc) is 2.23. The SMILES string of the molecule is CC(C)(C)OC(=O)NC[C@]1(O)CC[C@H](S(C)(=O)=O)CC1. The summed E-state index contributed by atoms with van der Waals surface area (Å²) in [5.74, 6) is 0. The number of hydrogen-bond acceptors (Lipinski definition) is 5. The number of aliphatic hydroxyl groups is 1. The molecule has 6 nitrogen and oxygen atoms in total. The summed E-state index contributed by atoms with van der Waals surface area (Å²) < 4.78 is 28.0. The van der Waals surface area contributed by atoms with Crippen LogP contribution in [0.2, 0.25) is 0 Å². The molecule has 0 aromatic heterocycles. The lowest BCUT2D eigenvalue weighted by Gasteiger charge is -2.35. The van der Waals surface area contributed by atoms with E-state index in [0.717, 1.165) is 0 Å². The summed E-state index contributed by atoms with van der Waals surface area (Å²) in [6, 6.07) is 0. The summed E-state index contributed by atoms with van der Waals surface area (Å²) in [5.41, 5.74) is -1.63. The van der Waals surface area contributed by atoms with Crippen LogP contribution in [0, 0.1) is 0 Å². The van der Waals surface area contributed by atoms with E-state index < -0.39 is 27.1 Å². The Kier molecular flexibility index (Phi) is 5.08. The zero-order valence-corrected chi connectivity index (χ0v) is 13.4. The maximum Gasteiger partial charge on any atom is 0.407 e. The van der Waals surface area contributed by atoms with Crippen molar-refractivity contribution in [1.29, 1.82) is 0 Å². The minimum absolute atomic E-state index is 0.0817. The number of ether oxygens (including phenoxy) is 1. The number of sulfone groups is 1. The molecule has 118 valence electrons. The van der Waals surface area contributed by atoms with Crippen LogP contribution < -0.4 is 5.32 Å². The molecule has 1 amide bonds. The van der Waals surface area contributed by atoms with Gasteiger partial charge >= 0.3 is 6.09 Å². The average molecular weight is 307 g/mol. The van der Waals surface area contributed by atoms with E-state index in [4.69, 9.17) is 4.74 Å². The van der Waals surface area contributed by atoms with Crippen LogP contribution in [0.15, 0.2) is 0 Å². The van der Waals surface area contributed by atoms with Crippen molar-refractivity contribution < 1.29 is 23.1 Å². The van der Waals surface area contributed by atoms with Gasteiger partial charge in [0.1, 0.15) is 15.4 Å². The summed E-state index contributed by atoms with van der Waals surface area (Å²) in [6.45, 7) is 5.37. The Morgan fingerprint density at radius 3 is 2.25 bits per heavy atom. The fourth-order valence-corrected chi connectivity index (χ4v) is 3.38. The van der Waals surface area contributed by atoms with Crippen LogP contribution in [0.5, 0.6) is 0 Å². The highest BCUT2D eigenvalue weighted by atomic mass is 32.2. The van der Waals surface area contributed by atoms with Gasteiger partial charge in [-0.25, -0.2) is 13.2 Å². The first-order valence-corrected chi connectivity index (χ1v) is 8.75. The van der Waals surface area contributed by atoms with Crippen molar-refractivity contribution >= 4 is 15.9 Å². The van der Waals surface area contributed by atoms with Crippen molar-refractivity contribution in [3.8, 4) is 0 Å². The quantitative estimate of drug-likeness (QED) is 0.818. The molecule has 0 spiro atoms. The van der Waals surface area contributed by atoms with E-state index in [0.29, 0.717) is 25.7 Å². The van der Waals surface area contributed by atoms with Crippen LogP contribution in [-0.2, 0) is 14.6 Å². The van der Waals surface area contributed by atoms with Crippen molar-refractivity contribution in [2.24, 2.45) is 0 Å². The van der Waals surface area contributed by atoms with Gasteiger partial charge in [-0.2, -0.15) is 0 Å². The molecule has 0 aliphatic heterocycles. The number of nitrogens with one attached hydrogen (secondary N) is 1. The molecule has 0 radical (unpaired) electrons. The van der Waals surface area contributed by atoms with E-state index in [2.05, 4.69) is 5.32 Å². The van der Waals surface area contributed by atoms with Crippen LogP contribution in [0.25, 0.3) is 0 Å². The van der Waals surface area contributed by atoms with E-state index in [1.54, 1.807) is 20.8 Å². The van der Waals surface area contributed by atoms with Gasteiger partial charge < -0.3 is 15.2 Å². The summed E-state index contributed by atoms with van der Waals surface area (Å²) >= 11 is 0. The van der Waals surface area contributed by atoms with Gasteiger partial charge in [0.15, 0.2) is 0 Å². The molecule has 0 unspecified atom stereocenters. The Morgan fingerprint density at radius 2 is 1.85 bits per heavy atom. The first-order valence-electron chi connectivity index (χ1n) is 6.79. The highest BCUT2D eigenvalue weighted by Gasteiger charge is 2.37. The van der Waals surface area contributed by atoms with Crippen molar-refractivity contribution in [2.45, 2.75) is 62.9 Å². The van der Waals surface area contributed by atoms with Crippen LogP contribution in [0.3, 0.4) is 0 Å². The van der Waals surface area contributed by atoms with E-state index in [9.17, 15) is 18.3 Å². The third-order valence-corrected chi connectivity index (χ3v) is 5.11. The van der Waals surface area contributed by atoms with Crippen LogP contribution in [0.1, 0.15) is 46.5 Å². The maximum atomic E-state index is 11.5. The molecular weight excluding hydrogens is 282 g/mol. The second-order valence-electron chi connectivity index (χ2n) is 6.61. The molecule has 0 heterocycles. The molecule has 0 saturated heterocycles. The van der Waals surface area contributed by atoms with Gasteiger partial charge in [0.2, 0.25) is 0 Å². The second-order valence-corrected chi connectivity index (χ2v) is 8.93. The molecule has 1 fully saturated rings. The van der Waals surface area contributed by atoms with Crippen LogP contribution >= 0.6 is 0 Å². The largest absolute Gasteiger partial charge is 0.444 e. The Balaban J connectivity index is 2.44. The number of alkyl carbamates (subject to hydrolysis) is 1. The monoisotopic (exact) mass is 307 g/mol. The number of hydrogen-bond donors (Lipinski definition) is 2. The normalized spacial score (nSPS) is 27.9. The molecule has 2 N–H and O–H groups in total. The van der Waals surface area contributed by atoms with E-state index in [-0.39, 0.29) is 11.8 Å². The summed E-state index contributed by atoms with van der Waals surface area (Å²) in [5, 5.41) is 12.5. The maximum absolute atomic E-state index is 11.5. The predicted octanol–water partition coefficient (Wildman–Crippen LogP) is 1.23.